The van der Waals surface area contributed by atoms with E-state index >= 15 is 0 Å². The summed E-state index contributed by atoms with van der Waals surface area (Å²) in [7, 11) is -2.10. The number of likely N-dealkylation sites (N-methyl/N-ethyl adjacent to an activating group) is 1. The van der Waals surface area contributed by atoms with Gasteiger partial charge < -0.3 is 19.8 Å². The topological polar surface area (TPSA) is 123 Å². The lowest BCUT2D eigenvalue weighted by molar-refractivity contribution is -0.286. The molecule has 0 atom stereocenters. The molecule has 0 amide bonds. The minimum Gasteiger partial charge on any atom is -0.395 e. The molecule has 172 valence electrons. The van der Waals surface area contributed by atoms with Crippen LogP contribution in [0.4, 0.5) is 8.78 Å². The molecule has 5 rings (SSSR count). The van der Waals surface area contributed by atoms with E-state index in [1.165, 1.54) is 24.5 Å². The zero-order valence-corrected chi connectivity index (χ0v) is 18.0. The van der Waals surface area contributed by atoms with Crippen LogP contribution in [0.1, 0.15) is 0 Å². The number of pyridine rings is 1. The van der Waals surface area contributed by atoms with E-state index in [1.54, 1.807) is 25.5 Å². The lowest BCUT2D eigenvalue weighted by Crippen LogP contribution is -2.34. The maximum absolute atomic E-state index is 13.4. The van der Waals surface area contributed by atoms with Crippen molar-refractivity contribution < 1.29 is 26.7 Å². The molecule has 1 aliphatic rings. The van der Waals surface area contributed by atoms with Gasteiger partial charge in [-0.2, -0.15) is 22.3 Å². The second kappa shape index (κ2) is 7.79. The smallest absolute Gasteiger partial charge is 0.395 e. The van der Waals surface area contributed by atoms with Crippen LogP contribution < -0.4 is 19.5 Å². The third-order valence-electron chi connectivity index (χ3n) is 5.04. The Bertz CT molecular complexity index is 1450. The van der Waals surface area contributed by atoms with Crippen LogP contribution in [0.5, 0.6) is 11.5 Å². The first kappa shape index (κ1) is 21.3. The number of fused-ring (bicyclic) bond motifs is 2. The number of nitrogens with one attached hydrogen (secondary N) is 3. The zero-order valence-electron chi connectivity index (χ0n) is 17.2. The number of nitrogens with zero attached hydrogens (tertiary/aromatic N) is 3. The van der Waals surface area contributed by atoms with Crippen molar-refractivity contribution in [3.63, 3.8) is 0 Å². The van der Waals surface area contributed by atoms with Gasteiger partial charge in [-0.15, -0.1) is 8.78 Å². The van der Waals surface area contributed by atoms with Crippen LogP contribution >= 0.6 is 0 Å². The molecule has 13 heteroatoms. The predicted octanol–water partition coefficient (Wildman–Crippen LogP) is 2.32. The Morgan fingerprint density at radius 2 is 1.91 bits per heavy atom. The zero-order chi connectivity index (χ0) is 23.2. The van der Waals surface area contributed by atoms with Crippen molar-refractivity contribution in [2.24, 2.45) is 0 Å². The van der Waals surface area contributed by atoms with Crippen molar-refractivity contribution >= 4 is 21.2 Å². The molecular weight excluding hydrogens is 458 g/mol. The number of benzene rings is 1. The van der Waals surface area contributed by atoms with Gasteiger partial charge in [0.1, 0.15) is 5.65 Å². The molecule has 0 aliphatic carbocycles. The van der Waals surface area contributed by atoms with Gasteiger partial charge in [-0.3, -0.25) is 0 Å². The molecule has 0 unspecified atom stereocenters. The van der Waals surface area contributed by atoms with Gasteiger partial charge in [0, 0.05) is 47.6 Å². The molecule has 0 radical (unpaired) electrons. The van der Waals surface area contributed by atoms with Crippen molar-refractivity contribution in [3.05, 3.63) is 49.1 Å². The molecule has 3 aromatic heterocycles. The van der Waals surface area contributed by atoms with Crippen LogP contribution in [-0.2, 0) is 10.2 Å². The molecule has 3 N–H and O–H groups in total. The van der Waals surface area contributed by atoms with Crippen LogP contribution in [0.25, 0.3) is 33.3 Å². The Morgan fingerprint density at radius 1 is 1.09 bits per heavy atom. The van der Waals surface area contributed by atoms with Crippen LogP contribution in [0, 0.1) is 0 Å². The van der Waals surface area contributed by atoms with Gasteiger partial charge >= 0.3 is 16.5 Å². The summed E-state index contributed by atoms with van der Waals surface area (Å²) in [5.74, 6) is -0.104. The van der Waals surface area contributed by atoms with Crippen LogP contribution in [-0.4, -0.2) is 54.0 Å². The standard InChI is InChI=1S/C20H18F2N6O4S/c1-23-4-5-27-33(29,30)28-11-14(9-26-28)13-6-15-16(10-25-19(15)24-8-13)12-2-3-17-18(7-12)32-20(21,22)31-17/h2-3,6-11,23,27H,4-5H2,1H3,(H,24,25). The fourth-order valence-electron chi connectivity index (χ4n) is 3.47. The Morgan fingerprint density at radius 3 is 2.73 bits per heavy atom. The number of alkyl halides is 2. The lowest BCUT2D eigenvalue weighted by atomic mass is 10.0. The normalized spacial score (nSPS) is 14.8. The lowest BCUT2D eigenvalue weighted by Gasteiger charge is -2.05. The Kier molecular flexibility index (Phi) is 5.03. The summed E-state index contributed by atoms with van der Waals surface area (Å²) in [4.78, 5) is 7.43. The molecule has 4 heterocycles. The Hall–Kier alpha value is -3.55. The van der Waals surface area contributed by atoms with E-state index in [0.717, 1.165) is 4.09 Å². The van der Waals surface area contributed by atoms with Gasteiger partial charge in [0.25, 0.3) is 0 Å². The summed E-state index contributed by atoms with van der Waals surface area (Å²) in [5, 5.41) is 7.52. The van der Waals surface area contributed by atoms with Gasteiger partial charge in [-0.25, -0.2) is 4.98 Å². The highest BCUT2D eigenvalue weighted by molar-refractivity contribution is 7.87. The molecule has 0 fully saturated rings. The van der Waals surface area contributed by atoms with Crippen LogP contribution in [0.15, 0.2) is 49.1 Å². The summed E-state index contributed by atoms with van der Waals surface area (Å²) in [6.45, 7) is 0.692. The van der Waals surface area contributed by atoms with E-state index in [0.29, 0.717) is 39.8 Å². The van der Waals surface area contributed by atoms with Gasteiger partial charge in [0.05, 0.1) is 12.4 Å². The average Bonchev–Trinajstić information content (AvgIpc) is 3.48. The first-order chi connectivity index (χ1) is 15.8. The monoisotopic (exact) mass is 476 g/mol. The van der Waals surface area contributed by atoms with E-state index in [2.05, 4.69) is 34.6 Å². The van der Waals surface area contributed by atoms with E-state index in [-0.39, 0.29) is 18.0 Å². The second-order valence-corrected chi connectivity index (χ2v) is 8.87. The summed E-state index contributed by atoms with van der Waals surface area (Å²) in [6, 6.07) is 6.33. The maximum Gasteiger partial charge on any atom is 0.586 e. The van der Waals surface area contributed by atoms with Crippen molar-refractivity contribution in [1.29, 1.82) is 0 Å². The summed E-state index contributed by atoms with van der Waals surface area (Å²) < 4.78 is 63.7. The van der Waals surface area contributed by atoms with Crippen molar-refractivity contribution in [2.75, 3.05) is 20.1 Å². The second-order valence-electron chi connectivity index (χ2n) is 7.26. The number of aromatic nitrogens is 4. The number of hydrogen-bond donors (Lipinski definition) is 3. The predicted molar refractivity (Wildman–Crippen MR) is 115 cm³/mol. The van der Waals surface area contributed by atoms with Gasteiger partial charge in [-0.05, 0) is 30.8 Å². The molecular formula is C20H18F2N6O4S. The number of aromatic amines is 1. The van der Waals surface area contributed by atoms with Crippen molar-refractivity contribution in [2.45, 2.75) is 6.29 Å². The molecule has 0 saturated carbocycles. The van der Waals surface area contributed by atoms with E-state index in [4.69, 9.17) is 0 Å². The highest BCUT2D eigenvalue weighted by Gasteiger charge is 2.43. The fraction of sp³-hybridized carbons (Fsp3) is 0.200. The average molecular weight is 476 g/mol. The molecule has 0 saturated heterocycles. The third-order valence-corrected chi connectivity index (χ3v) is 6.30. The number of halogens is 2. The largest absolute Gasteiger partial charge is 0.586 e. The molecule has 10 nitrogen and oxygen atoms in total. The Labute approximate surface area is 186 Å². The quantitative estimate of drug-likeness (QED) is 0.350. The molecule has 0 bridgehead atoms. The van der Waals surface area contributed by atoms with Gasteiger partial charge in [0.15, 0.2) is 11.5 Å². The first-order valence-corrected chi connectivity index (χ1v) is 11.3. The van der Waals surface area contributed by atoms with E-state index in [9.17, 15) is 17.2 Å². The third kappa shape index (κ3) is 4.01. The van der Waals surface area contributed by atoms with E-state index < -0.39 is 16.5 Å². The summed E-state index contributed by atoms with van der Waals surface area (Å²) >= 11 is 0. The summed E-state index contributed by atoms with van der Waals surface area (Å²) in [6.07, 6.45) is 2.41. The van der Waals surface area contributed by atoms with Crippen molar-refractivity contribution in [3.8, 4) is 33.8 Å². The molecule has 0 spiro atoms. The fourth-order valence-corrected chi connectivity index (χ4v) is 4.39. The van der Waals surface area contributed by atoms with Gasteiger partial charge in [-0.1, -0.05) is 6.07 Å². The number of ether oxygens (including phenoxy) is 2. The van der Waals surface area contributed by atoms with Crippen molar-refractivity contribution in [1.82, 2.24) is 29.2 Å². The van der Waals surface area contributed by atoms with Crippen LogP contribution in [0.2, 0.25) is 0 Å². The number of H-pyrrole nitrogens is 1. The summed E-state index contributed by atoms with van der Waals surface area (Å²) in [5.41, 5.74) is 3.07. The molecule has 1 aromatic carbocycles. The Balaban J connectivity index is 1.48. The highest BCUT2D eigenvalue weighted by atomic mass is 32.2. The number of hydrogen-bond acceptors (Lipinski definition) is 7. The molecule has 1 aliphatic heterocycles. The minimum atomic E-state index is -3.82. The first-order valence-electron chi connectivity index (χ1n) is 9.83. The van der Waals surface area contributed by atoms with E-state index in [1.807, 2.05) is 6.07 Å². The maximum atomic E-state index is 13.4. The molecule has 33 heavy (non-hydrogen) atoms. The highest BCUT2D eigenvalue weighted by Crippen LogP contribution is 2.43. The number of rotatable bonds is 7. The van der Waals surface area contributed by atoms with Gasteiger partial charge in [0.2, 0.25) is 0 Å². The minimum absolute atomic E-state index is 0.0423. The SMILES string of the molecule is CNCCNS(=O)(=O)n1cc(-c2cnc3[nH]cc(-c4ccc5c(c4)OC(F)(F)O5)c3c2)cn1. The van der Waals surface area contributed by atoms with Crippen LogP contribution in [0.3, 0.4) is 0 Å². The molecule has 4 aromatic rings.